The van der Waals surface area contributed by atoms with Crippen LogP contribution in [0.3, 0.4) is 0 Å². The standard InChI is InChI=1S/C23H23F3N2O3S/c1-14(2)20(29)28-9-10-32-22(28)18-12-17(31-3)7-8-19(18)27(21(22)30)13-15-5-4-6-16(11-15)23(24,25)26/h4-8,11-12,14H,9-10,13H2,1-3H3. The molecule has 0 N–H and O–H groups in total. The Morgan fingerprint density at radius 2 is 1.97 bits per heavy atom. The van der Waals surface area contributed by atoms with Crippen LogP contribution in [-0.4, -0.2) is 36.1 Å². The van der Waals surface area contributed by atoms with Crippen LogP contribution in [-0.2, 0) is 27.2 Å². The molecule has 0 aliphatic carbocycles. The van der Waals surface area contributed by atoms with Crippen LogP contribution in [0.15, 0.2) is 42.5 Å². The molecular formula is C23H23F3N2O3S. The zero-order chi connectivity index (χ0) is 23.3. The summed E-state index contributed by atoms with van der Waals surface area (Å²) in [6, 6.07) is 10.1. The Hall–Kier alpha value is -2.68. The zero-order valence-electron chi connectivity index (χ0n) is 17.9. The second-order valence-corrected chi connectivity index (χ2v) is 9.40. The van der Waals surface area contributed by atoms with Gasteiger partial charge in [-0.25, -0.2) is 0 Å². The second-order valence-electron chi connectivity index (χ2n) is 8.11. The molecular weight excluding hydrogens is 441 g/mol. The number of benzene rings is 2. The van der Waals surface area contributed by atoms with Gasteiger partial charge in [-0.2, -0.15) is 13.2 Å². The molecule has 1 spiro atoms. The van der Waals surface area contributed by atoms with Crippen LogP contribution in [0.1, 0.15) is 30.5 Å². The van der Waals surface area contributed by atoms with Crippen LogP contribution in [0.2, 0.25) is 0 Å². The summed E-state index contributed by atoms with van der Waals surface area (Å²) in [5, 5.41) is 0. The minimum absolute atomic E-state index is 0.0336. The maximum atomic E-state index is 13.9. The summed E-state index contributed by atoms with van der Waals surface area (Å²) in [7, 11) is 1.52. The number of hydrogen-bond acceptors (Lipinski definition) is 4. The second kappa shape index (κ2) is 8.03. The van der Waals surface area contributed by atoms with Crippen molar-refractivity contribution in [3.05, 3.63) is 59.2 Å². The van der Waals surface area contributed by atoms with Gasteiger partial charge in [-0.15, -0.1) is 11.8 Å². The van der Waals surface area contributed by atoms with Crippen molar-refractivity contribution in [2.75, 3.05) is 24.3 Å². The van der Waals surface area contributed by atoms with Gasteiger partial charge in [0, 0.05) is 23.8 Å². The summed E-state index contributed by atoms with van der Waals surface area (Å²) in [5.74, 6) is 0.358. The molecule has 9 heteroatoms. The molecule has 170 valence electrons. The number of fused-ring (bicyclic) bond motifs is 2. The zero-order valence-corrected chi connectivity index (χ0v) is 18.7. The third-order valence-electron chi connectivity index (χ3n) is 5.76. The van der Waals surface area contributed by atoms with Crippen LogP contribution in [0.5, 0.6) is 5.75 Å². The Morgan fingerprint density at radius 3 is 2.62 bits per heavy atom. The molecule has 1 fully saturated rings. The van der Waals surface area contributed by atoms with E-state index in [0.717, 1.165) is 12.1 Å². The maximum absolute atomic E-state index is 13.9. The Bertz CT molecular complexity index is 1070. The van der Waals surface area contributed by atoms with E-state index in [-0.39, 0.29) is 24.3 Å². The van der Waals surface area contributed by atoms with Gasteiger partial charge in [0.05, 0.1) is 24.9 Å². The quantitative estimate of drug-likeness (QED) is 0.661. The average Bonchev–Trinajstić information content (AvgIpc) is 3.29. The van der Waals surface area contributed by atoms with E-state index in [1.807, 2.05) is 0 Å². The SMILES string of the molecule is COc1ccc2c(c1)C1(SCCN1C(=O)C(C)C)C(=O)N2Cc1cccc(C(F)(F)F)c1. The van der Waals surface area contributed by atoms with Gasteiger partial charge < -0.3 is 14.5 Å². The van der Waals surface area contributed by atoms with Crippen LogP contribution < -0.4 is 9.64 Å². The lowest BCUT2D eigenvalue weighted by atomic mass is 10.0. The fourth-order valence-corrected chi connectivity index (χ4v) is 5.70. The molecule has 4 rings (SSSR count). The van der Waals surface area contributed by atoms with Gasteiger partial charge in [0.25, 0.3) is 5.91 Å². The molecule has 2 aliphatic heterocycles. The predicted octanol–water partition coefficient (Wildman–Crippen LogP) is 4.65. The number of anilines is 1. The summed E-state index contributed by atoms with van der Waals surface area (Å²) in [6.07, 6.45) is -4.47. The van der Waals surface area contributed by atoms with Crippen LogP contribution in [0, 0.1) is 5.92 Å². The summed E-state index contributed by atoms with van der Waals surface area (Å²) < 4.78 is 44.9. The number of carbonyl (C=O) groups excluding carboxylic acids is 2. The Morgan fingerprint density at radius 1 is 1.22 bits per heavy atom. The molecule has 0 radical (unpaired) electrons. The molecule has 2 aliphatic rings. The molecule has 1 unspecified atom stereocenters. The topological polar surface area (TPSA) is 49.9 Å². The number of ether oxygens (including phenoxy) is 1. The Balaban J connectivity index is 1.80. The summed E-state index contributed by atoms with van der Waals surface area (Å²) in [6.45, 7) is 3.95. The highest BCUT2D eigenvalue weighted by atomic mass is 32.2. The molecule has 2 amide bonds. The van der Waals surface area contributed by atoms with E-state index in [1.54, 1.807) is 43.0 Å². The number of nitrogens with zero attached hydrogens (tertiary/aromatic N) is 2. The van der Waals surface area contributed by atoms with Crippen LogP contribution in [0.4, 0.5) is 18.9 Å². The van der Waals surface area contributed by atoms with Gasteiger partial charge in [-0.3, -0.25) is 9.59 Å². The number of thioether (sulfide) groups is 1. The minimum atomic E-state index is -4.47. The minimum Gasteiger partial charge on any atom is -0.497 e. The number of halogens is 3. The Kier molecular flexibility index (Phi) is 5.65. The van der Waals surface area contributed by atoms with Crippen molar-refractivity contribution >= 4 is 29.3 Å². The van der Waals surface area contributed by atoms with E-state index >= 15 is 0 Å². The first kappa shape index (κ1) is 22.5. The number of carbonyl (C=O) groups is 2. The maximum Gasteiger partial charge on any atom is 0.416 e. The number of methoxy groups -OCH3 is 1. The number of amides is 2. The fourth-order valence-electron chi connectivity index (χ4n) is 4.24. The molecule has 0 saturated carbocycles. The number of hydrogen-bond donors (Lipinski definition) is 0. The van der Waals surface area contributed by atoms with Gasteiger partial charge in [0.2, 0.25) is 5.91 Å². The Labute approximate surface area is 188 Å². The van der Waals surface area contributed by atoms with Crippen molar-refractivity contribution in [1.29, 1.82) is 0 Å². The third kappa shape index (κ3) is 3.52. The molecule has 1 atom stereocenters. The highest BCUT2D eigenvalue weighted by Gasteiger charge is 2.59. The van der Waals surface area contributed by atoms with Crippen molar-refractivity contribution in [2.45, 2.75) is 31.4 Å². The van der Waals surface area contributed by atoms with E-state index in [2.05, 4.69) is 0 Å². The van der Waals surface area contributed by atoms with E-state index in [9.17, 15) is 22.8 Å². The van der Waals surface area contributed by atoms with E-state index < -0.39 is 16.6 Å². The lowest BCUT2D eigenvalue weighted by molar-refractivity contribution is -0.142. The van der Waals surface area contributed by atoms with E-state index in [4.69, 9.17) is 4.74 Å². The molecule has 0 bridgehead atoms. The van der Waals surface area contributed by atoms with Gasteiger partial charge in [-0.05, 0) is 35.9 Å². The first-order valence-corrected chi connectivity index (χ1v) is 11.2. The average molecular weight is 465 g/mol. The number of alkyl halides is 3. The van der Waals surface area contributed by atoms with Gasteiger partial charge in [0.15, 0.2) is 4.87 Å². The lowest BCUT2D eigenvalue weighted by Gasteiger charge is -2.34. The van der Waals surface area contributed by atoms with Crippen molar-refractivity contribution < 1.29 is 27.5 Å². The molecule has 0 aromatic heterocycles. The summed E-state index contributed by atoms with van der Waals surface area (Å²) in [5.41, 5.74) is 0.796. The van der Waals surface area contributed by atoms with E-state index in [0.29, 0.717) is 34.9 Å². The van der Waals surface area contributed by atoms with Crippen molar-refractivity contribution in [3.8, 4) is 5.75 Å². The monoisotopic (exact) mass is 464 g/mol. The van der Waals surface area contributed by atoms with Gasteiger partial charge >= 0.3 is 6.18 Å². The first-order valence-electron chi connectivity index (χ1n) is 10.2. The first-order chi connectivity index (χ1) is 15.1. The molecule has 5 nitrogen and oxygen atoms in total. The van der Waals surface area contributed by atoms with Gasteiger partial charge in [0.1, 0.15) is 5.75 Å². The summed E-state index contributed by atoms with van der Waals surface area (Å²) in [4.78, 5) is 28.7. The molecule has 32 heavy (non-hydrogen) atoms. The normalized spacial score (nSPS) is 20.4. The predicted molar refractivity (Wildman–Crippen MR) is 116 cm³/mol. The van der Waals surface area contributed by atoms with Crippen LogP contribution in [0.25, 0.3) is 0 Å². The molecule has 2 heterocycles. The largest absolute Gasteiger partial charge is 0.497 e. The highest BCUT2D eigenvalue weighted by Crippen LogP contribution is 2.55. The summed E-state index contributed by atoms with van der Waals surface area (Å²) >= 11 is 1.38. The highest BCUT2D eigenvalue weighted by molar-refractivity contribution is 8.01. The van der Waals surface area contributed by atoms with E-state index in [1.165, 1.54) is 29.8 Å². The van der Waals surface area contributed by atoms with Crippen molar-refractivity contribution in [3.63, 3.8) is 0 Å². The fraction of sp³-hybridized carbons (Fsp3) is 0.391. The molecule has 2 aromatic carbocycles. The smallest absolute Gasteiger partial charge is 0.416 e. The number of rotatable bonds is 4. The van der Waals surface area contributed by atoms with Gasteiger partial charge in [-0.1, -0.05) is 26.0 Å². The third-order valence-corrected chi connectivity index (χ3v) is 7.17. The van der Waals surface area contributed by atoms with Crippen molar-refractivity contribution in [2.24, 2.45) is 5.92 Å². The van der Waals surface area contributed by atoms with Crippen LogP contribution >= 0.6 is 11.8 Å². The lowest BCUT2D eigenvalue weighted by Crippen LogP contribution is -2.51. The molecule has 2 aromatic rings. The molecule has 1 saturated heterocycles. The van der Waals surface area contributed by atoms with Crippen molar-refractivity contribution in [1.82, 2.24) is 4.90 Å².